The van der Waals surface area contributed by atoms with Crippen LogP contribution < -0.4 is 5.73 Å². The Balaban J connectivity index is 0.00000162. The molecule has 0 aromatic heterocycles. The highest BCUT2D eigenvalue weighted by molar-refractivity contribution is 5.86. The van der Waals surface area contributed by atoms with Gasteiger partial charge in [0.1, 0.15) is 0 Å². The molecule has 0 spiro atoms. The van der Waals surface area contributed by atoms with Crippen LogP contribution in [0.5, 0.6) is 0 Å². The van der Waals surface area contributed by atoms with Crippen LogP contribution in [-0.4, -0.2) is 65.7 Å². The van der Waals surface area contributed by atoms with E-state index in [1.165, 1.54) is 0 Å². The van der Waals surface area contributed by atoms with Crippen LogP contribution in [0.2, 0.25) is 0 Å². The van der Waals surface area contributed by atoms with Gasteiger partial charge in [0.05, 0.1) is 12.1 Å². The topological polar surface area (TPSA) is 69.8 Å². The Hall–Kier alpha value is -0.360. The van der Waals surface area contributed by atoms with E-state index >= 15 is 0 Å². The number of β-amino-alcohol motifs (C(OH)–C–C–N with tert-alkyl or cyclic N) is 1. The Morgan fingerprint density at radius 1 is 1.17 bits per heavy atom. The predicted octanol–water partition coefficient (Wildman–Crippen LogP) is -0.184. The van der Waals surface area contributed by atoms with E-state index in [9.17, 15) is 4.79 Å². The van der Waals surface area contributed by atoms with Crippen LogP contribution in [0, 0.1) is 0 Å². The van der Waals surface area contributed by atoms with E-state index in [2.05, 4.69) is 4.90 Å². The molecular formula is C12H24ClN3O2. The minimum atomic E-state index is -0.584. The molecule has 1 saturated heterocycles. The number of piperazine rings is 1. The normalized spacial score (nSPS) is 23.8. The van der Waals surface area contributed by atoms with E-state index in [0.29, 0.717) is 6.54 Å². The van der Waals surface area contributed by atoms with Crippen molar-refractivity contribution in [2.75, 3.05) is 39.3 Å². The van der Waals surface area contributed by atoms with Gasteiger partial charge in [-0.1, -0.05) is 12.8 Å². The highest BCUT2D eigenvalue weighted by Gasteiger charge is 2.40. The molecule has 0 unspecified atom stereocenters. The summed E-state index contributed by atoms with van der Waals surface area (Å²) in [7, 11) is 0. The molecule has 1 saturated carbocycles. The summed E-state index contributed by atoms with van der Waals surface area (Å²) in [5.74, 6) is 0.138. The van der Waals surface area contributed by atoms with Crippen molar-refractivity contribution in [1.82, 2.24) is 9.80 Å². The summed E-state index contributed by atoms with van der Waals surface area (Å²) in [5.41, 5.74) is 5.60. The molecule has 6 heteroatoms. The van der Waals surface area contributed by atoms with Crippen molar-refractivity contribution in [1.29, 1.82) is 0 Å². The molecule has 2 rings (SSSR count). The second kappa shape index (κ2) is 6.70. The van der Waals surface area contributed by atoms with Crippen LogP contribution in [0.15, 0.2) is 0 Å². The van der Waals surface area contributed by atoms with Crippen molar-refractivity contribution in [3.63, 3.8) is 0 Å². The number of nitrogens with zero attached hydrogens (tertiary/aromatic N) is 2. The lowest BCUT2D eigenvalue weighted by Crippen LogP contribution is -2.58. The SMILES string of the molecule is Cl.NC1(C(=O)N2CCN(CCO)CC2)CCCC1. The van der Waals surface area contributed by atoms with Gasteiger partial charge in [-0.2, -0.15) is 0 Å². The summed E-state index contributed by atoms with van der Waals surface area (Å²) in [6, 6.07) is 0. The van der Waals surface area contributed by atoms with Crippen LogP contribution in [0.3, 0.4) is 0 Å². The smallest absolute Gasteiger partial charge is 0.242 e. The summed E-state index contributed by atoms with van der Waals surface area (Å²) < 4.78 is 0. The van der Waals surface area contributed by atoms with E-state index in [-0.39, 0.29) is 24.9 Å². The summed E-state index contributed by atoms with van der Waals surface area (Å²) in [6.45, 7) is 4.09. The molecule has 18 heavy (non-hydrogen) atoms. The second-order valence-corrected chi connectivity index (χ2v) is 5.22. The monoisotopic (exact) mass is 277 g/mol. The molecule has 1 heterocycles. The maximum atomic E-state index is 12.3. The molecule has 0 bridgehead atoms. The molecule has 2 aliphatic rings. The van der Waals surface area contributed by atoms with Gasteiger partial charge in [-0.25, -0.2) is 0 Å². The molecule has 2 fully saturated rings. The first-order valence-electron chi connectivity index (χ1n) is 6.57. The van der Waals surface area contributed by atoms with Gasteiger partial charge in [-0.15, -0.1) is 12.4 Å². The molecule has 0 aromatic carbocycles. The number of aliphatic hydroxyl groups is 1. The lowest BCUT2D eigenvalue weighted by atomic mass is 9.97. The maximum absolute atomic E-state index is 12.3. The van der Waals surface area contributed by atoms with Gasteiger partial charge >= 0.3 is 0 Å². The molecule has 0 atom stereocenters. The van der Waals surface area contributed by atoms with Crippen molar-refractivity contribution in [3.05, 3.63) is 0 Å². The number of carbonyl (C=O) groups is 1. The summed E-state index contributed by atoms with van der Waals surface area (Å²) >= 11 is 0. The van der Waals surface area contributed by atoms with E-state index in [1.807, 2.05) is 4.90 Å². The summed E-state index contributed by atoms with van der Waals surface area (Å²) in [5, 5.41) is 8.87. The number of hydrogen-bond acceptors (Lipinski definition) is 4. The van der Waals surface area contributed by atoms with Gasteiger partial charge in [0.2, 0.25) is 5.91 Å². The minimum absolute atomic E-state index is 0. The zero-order valence-electron chi connectivity index (χ0n) is 10.8. The van der Waals surface area contributed by atoms with Crippen LogP contribution in [0.25, 0.3) is 0 Å². The van der Waals surface area contributed by atoms with E-state index < -0.39 is 5.54 Å². The quantitative estimate of drug-likeness (QED) is 0.751. The average molecular weight is 278 g/mol. The Morgan fingerprint density at radius 3 is 2.22 bits per heavy atom. The zero-order valence-corrected chi connectivity index (χ0v) is 11.6. The Morgan fingerprint density at radius 2 is 1.72 bits per heavy atom. The van der Waals surface area contributed by atoms with E-state index in [4.69, 9.17) is 10.8 Å². The third-order valence-corrected chi connectivity index (χ3v) is 4.00. The molecule has 106 valence electrons. The molecule has 1 amide bonds. The van der Waals surface area contributed by atoms with Gasteiger partial charge < -0.3 is 15.7 Å². The molecule has 1 aliphatic carbocycles. The first kappa shape index (κ1) is 15.7. The summed E-state index contributed by atoms with van der Waals surface area (Å²) in [4.78, 5) is 16.4. The minimum Gasteiger partial charge on any atom is -0.395 e. The maximum Gasteiger partial charge on any atom is 0.242 e. The van der Waals surface area contributed by atoms with Crippen molar-refractivity contribution in [2.45, 2.75) is 31.2 Å². The molecule has 3 N–H and O–H groups in total. The second-order valence-electron chi connectivity index (χ2n) is 5.22. The fourth-order valence-electron chi connectivity index (χ4n) is 2.85. The molecule has 1 aliphatic heterocycles. The highest BCUT2D eigenvalue weighted by Crippen LogP contribution is 2.29. The number of carbonyl (C=O) groups excluding carboxylic acids is 1. The third-order valence-electron chi connectivity index (χ3n) is 4.00. The molecule has 5 nitrogen and oxygen atoms in total. The first-order valence-corrected chi connectivity index (χ1v) is 6.57. The van der Waals surface area contributed by atoms with Gasteiger partial charge in [-0.3, -0.25) is 9.69 Å². The van der Waals surface area contributed by atoms with Crippen LogP contribution >= 0.6 is 12.4 Å². The Kier molecular flexibility index (Phi) is 5.85. The fraction of sp³-hybridized carbons (Fsp3) is 0.917. The predicted molar refractivity (Wildman–Crippen MR) is 72.7 cm³/mol. The standard InChI is InChI=1S/C12H23N3O2.ClH/c13-12(3-1-2-4-12)11(17)15-7-5-14(6-8-15)9-10-16;/h16H,1-10,13H2;1H. The van der Waals surface area contributed by atoms with Crippen molar-refractivity contribution >= 4 is 18.3 Å². The van der Waals surface area contributed by atoms with Gasteiger partial charge in [0, 0.05) is 32.7 Å². The van der Waals surface area contributed by atoms with Gasteiger partial charge in [0.25, 0.3) is 0 Å². The Labute approximate surface area is 115 Å². The van der Waals surface area contributed by atoms with E-state index in [1.54, 1.807) is 0 Å². The Bertz CT molecular complexity index is 274. The van der Waals surface area contributed by atoms with Crippen LogP contribution in [0.1, 0.15) is 25.7 Å². The zero-order chi connectivity index (χ0) is 12.3. The van der Waals surface area contributed by atoms with Gasteiger partial charge in [-0.05, 0) is 12.8 Å². The number of amides is 1. The number of aliphatic hydroxyl groups excluding tert-OH is 1. The number of halogens is 1. The highest BCUT2D eigenvalue weighted by atomic mass is 35.5. The fourth-order valence-corrected chi connectivity index (χ4v) is 2.85. The average Bonchev–Trinajstić information content (AvgIpc) is 2.78. The molecule has 0 radical (unpaired) electrons. The third kappa shape index (κ3) is 3.35. The first-order chi connectivity index (χ1) is 8.15. The van der Waals surface area contributed by atoms with Crippen LogP contribution in [0.4, 0.5) is 0 Å². The van der Waals surface area contributed by atoms with Crippen LogP contribution in [-0.2, 0) is 4.79 Å². The van der Waals surface area contributed by atoms with Crippen molar-refractivity contribution < 1.29 is 9.90 Å². The number of hydrogen-bond donors (Lipinski definition) is 2. The number of nitrogens with two attached hydrogens (primary N) is 1. The molecule has 0 aromatic rings. The lowest BCUT2D eigenvalue weighted by Gasteiger charge is -2.38. The lowest BCUT2D eigenvalue weighted by molar-refractivity contribution is -0.138. The largest absolute Gasteiger partial charge is 0.395 e. The molecular weight excluding hydrogens is 254 g/mol. The van der Waals surface area contributed by atoms with Gasteiger partial charge in [0.15, 0.2) is 0 Å². The van der Waals surface area contributed by atoms with Crippen molar-refractivity contribution in [3.8, 4) is 0 Å². The summed E-state index contributed by atoms with van der Waals surface area (Å²) in [6.07, 6.45) is 3.82. The van der Waals surface area contributed by atoms with E-state index in [0.717, 1.165) is 51.9 Å². The van der Waals surface area contributed by atoms with Crippen molar-refractivity contribution in [2.24, 2.45) is 5.73 Å². The number of rotatable bonds is 3.